The predicted octanol–water partition coefficient (Wildman–Crippen LogP) is 3.21. The van der Waals surface area contributed by atoms with Crippen molar-refractivity contribution in [2.45, 2.75) is 31.2 Å². The summed E-state index contributed by atoms with van der Waals surface area (Å²) >= 11 is 1.62. The Balaban J connectivity index is 2.02. The van der Waals surface area contributed by atoms with Crippen LogP contribution >= 0.6 is 11.3 Å². The van der Waals surface area contributed by atoms with Crippen molar-refractivity contribution < 1.29 is 13.2 Å². The summed E-state index contributed by atoms with van der Waals surface area (Å²) in [6, 6.07) is 6.35. The molecule has 2 N–H and O–H groups in total. The molecule has 0 aliphatic heterocycles. The lowest BCUT2D eigenvalue weighted by Gasteiger charge is -2.15. The predicted molar refractivity (Wildman–Crippen MR) is 93.9 cm³/mol. The minimum atomic E-state index is -3.31. The second-order valence-corrected chi connectivity index (χ2v) is 8.38. The molecule has 0 saturated carbocycles. The average Bonchev–Trinajstić information content (AvgIpc) is 2.92. The molecule has 2 amide bonds. The number of carbonyl (C=O) groups excluding carboxylic acids is 1. The highest BCUT2D eigenvalue weighted by molar-refractivity contribution is 7.90. The Hall–Kier alpha value is -1.86. The van der Waals surface area contributed by atoms with Gasteiger partial charge in [-0.3, -0.25) is 0 Å². The standard InChI is InChI=1S/C16H20N2O3S2/c1-11-4-5-14(23(3,20)21)9-15(11)18-16(19)17-12(2)8-13-6-7-22-10-13/h4-7,9-10,12H,8H2,1-3H3,(H2,17,18,19). The van der Waals surface area contributed by atoms with E-state index in [9.17, 15) is 13.2 Å². The number of hydrogen-bond donors (Lipinski definition) is 2. The van der Waals surface area contributed by atoms with Gasteiger partial charge in [-0.2, -0.15) is 11.3 Å². The van der Waals surface area contributed by atoms with E-state index in [1.165, 1.54) is 17.7 Å². The van der Waals surface area contributed by atoms with Crippen LogP contribution in [0.25, 0.3) is 0 Å². The van der Waals surface area contributed by atoms with Crippen molar-refractivity contribution in [3.05, 3.63) is 46.2 Å². The maximum atomic E-state index is 12.1. The Morgan fingerprint density at radius 3 is 2.65 bits per heavy atom. The second-order valence-electron chi connectivity index (χ2n) is 5.58. The summed E-state index contributed by atoms with van der Waals surface area (Å²) in [6.07, 6.45) is 1.89. The van der Waals surface area contributed by atoms with Gasteiger partial charge in [0.15, 0.2) is 9.84 Å². The van der Waals surface area contributed by atoms with Gasteiger partial charge in [0.2, 0.25) is 0 Å². The fourth-order valence-corrected chi connectivity index (χ4v) is 3.49. The second kappa shape index (κ2) is 7.14. The highest BCUT2D eigenvalue weighted by atomic mass is 32.2. The van der Waals surface area contributed by atoms with Crippen molar-refractivity contribution in [2.75, 3.05) is 11.6 Å². The first-order valence-corrected chi connectivity index (χ1v) is 9.98. The van der Waals surface area contributed by atoms with Crippen LogP contribution in [0.4, 0.5) is 10.5 Å². The van der Waals surface area contributed by atoms with Gasteiger partial charge in [-0.15, -0.1) is 0 Å². The van der Waals surface area contributed by atoms with Gasteiger partial charge in [0.25, 0.3) is 0 Å². The fourth-order valence-electron chi connectivity index (χ4n) is 2.16. The summed E-state index contributed by atoms with van der Waals surface area (Å²) < 4.78 is 23.2. The fraction of sp³-hybridized carbons (Fsp3) is 0.312. The van der Waals surface area contributed by atoms with Gasteiger partial charge < -0.3 is 10.6 Å². The molecule has 5 nitrogen and oxygen atoms in total. The number of benzene rings is 1. The number of anilines is 1. The van der Waals surface area contributed by atoms with Crippen LogP contribution in [0.5, 0.6) is 0 Å². The molecule has 1 atom stereocenters. The smallest absolute Gasteiger partial charge is 0.319 e. The number of amides is 2. The zero-order valence-corrected chi connectivity index (χ0v) is 14.9. The molecule has 1 aromatic carbocycles. The number of aryl methyl sites for hydroxylation is 1. The first kappa shape index (κ1) is 17.5. The third-order valence-corrected chi connectivity index (χ3v) is 5.23. The lowest BCUT2D eigenvalue weighted by atomic mass is 10.1. The van der Waals surface area contributed by atoms with Crippen LogP contribution in [0.2, 0.25) is 0 Å². The Kier molecular flexibility index (Phi) is 5.43. The molecule has 0 spiro atoms. The third-order valence-electron chi connectivity index (χ3n) is 3.38. The molecule has 0 aliphatic rings. The summed E-state index contributed by atoms with van der Waals surface area (Å²) in [5, 5.41) is 9.63. The molecule has 0 fully saturated rings. The Morgan fingerprint density at radius 2 is 2.04 bits per heavy atom. The first-order valence-electron chi connectivity index (χ1n) is 7.15. The van der Waals surface area contributed by atoms with Crippen molar-refractivity contribution in [1.82, 2.24) is 5.32 Å². The zero-order chi connectivity index (χ0) is 17.0. The summed E-state index contributed by atoms with van der Waals surface area (Å²) in [6.45, 7) is 3.74. The number of nitrogens with one attached hydrogen (secondary N) is 2. The van der Waals surface area contributed by atoms with E-state index in [0.29, 0.717) is 5.69 Å². The molecule has 0 radical (unpaired) electrons. The molecule has 0 bridgehead atoms. The molecule has 124 valence electrons. The average molecular weight is 352 g/mol. The molecule has 2 rings (SSSR count). The van der Waals surface area contributed by atoms with E-state index in [0.717, 1.165) is 18.2 Å². The molecule has 2 aromatic rings. The molecular formula is C16H20N2O3S2. The van der Waals surface area contributed by atoms with Gasteiger partial charge in [0, 0.05) is 18.0 Å². The first-order chi connectivity index (χ1) is 10.8. The summed E-state index contributed by atoms with van der Waals surface area (Å²) in [7, 11) is -3.31. The minimum Gasteiger partial charge on any atom is -0.335 e. The third kappa shape index (κ3) is 5.07. The highest BCUT2D eigenvalue weighted by Gasteiger charge is 2.13. The number of sulfone groups is 1. The molecule has 7 heteroatoms. The molecule has 1 unspecified atom stereocenters. The van der Waals surface area contributed by atoms with Gasteiger partial charge in [0.05, 0.1) is 4.90 Å². The van der Waals surface area contributed by atoms with Gasteiger partial charge in [-0.1, -0.05) is 6.07 Å². The van der Waals surface area contributed by atoms with Crippen molar-refractivity contribution in [2.24, 2.45) is 0 Å². The van der Waals surface area contributed by atoms with Gasteiger partial charge in [0.1, 0.15) is 0 Å². The number of thiophene rings is 1. The summed E-state index contributed by atoms with van der Waals surface area (Å²) in [4.78, 5) is 12.3. The van der Waals surface area contributed by atoms with E-state index in [-0.39, 0.29) is 17.0 Å². The van der Waals surface area contributed by atoms with Crippen LogP contribution in [0.15, 0.2) is 39.9 Å². The minimum absolute atomic E-state index is 0.0250. The van der Waals surface area contributed by atoms with Crippen LogP contribution in [0.3, 0.4) is 0 Å². The van der Waals surface area contributed by atoms with E-state index < -0.39 is 9.84 Å². The SMILES string of the molecule is Cc1ccc(S(C)(=O)=O)cc1NC(=O)NC(C)Cc1ccsc1. The van der Waals surface area contributed by atoms with Crippen LogP contribution in [0, 0.1) is 6.92 Å². The monoisotopic (exact) mass is 352 g/mol. The Labute approximate surface area is 140 Å². The molecular weight excluding hydrogens is 332 g/mol. The van der Waals surface area contributed by atoms with Crippen LogP contribution in [-0.4, -0.2) is 26.7 Å². The van der Waals surface area contributed by atoms with E-state index in [2.05, 4.69) is 16.0 Å². The van der Waals surface area contributed by atoms with Crippen molar-refractivity contribution in [1.29, 1.82) is 0 Å². The number of urea groups is 1. The zero-order valence-electron chi connectivity index (χ0n) is 13.3. The van der Waals surface area contributed by atoms with Crippen molar-refractivity contribution in [3.8, 4) is 0 Å². The van der Waals surface area contributed by atoms with Crippen molar-refractivity contribution >= 4 is 32.9 Å². The molecule has 23 heavy (non-hydrogen) atoms. The Bertz CT molecular complexity index is 784. The summed E-state index contributed by atoms with van der Waals surface area (Å²) in [5.74, 6) is 0. The van der Waals surface area contributed by atoms with Gasteiger partial charge in [-0.05, 0) is 60.4 Å². The normalized spacial score (nSPS) is 12.7. The van der Waals surface area contributed by atoms with Crippen LogP contribution in [-0.2, 0) is 16.3 Å². The topological polar surface area (TPSA) is 75.3 Å². The molecule has 1 heterocycles. The van der Waals surface area contributed by atoms with E-state index in [1.807, 2.05) is 25.3 Å². The van der Waals surface area contributed by atoms with Gasteiger partial charge in [-0.25, -0.2) is 13.2 Å². The number of rotatable bonds is 5. The lowest BCUT2D eigenvalue weighted by molar-refractivity contribution is 0.249. The molecule has 1 aromatic heterocycles. The number of carbonyl (C=O) groups is 1. The quantitative estimate of drug-likeness (QED) is 0.867. The molecule has 0 aliphatic carbocycles. The molecule has 0 saturated heterocycles. The maximum Gasteiger partial charge on any atom is 0.319 e. The van der Waals surface area contributed by atoms with E-state index in [1.54, 1.807) is 17.4 Å². The lowest BCUT2D eigenvalue weighted by Crippen LogP contribution is -2.37. The maximum absolute atomic E-state index is 12.1. The highest BCUT2D eigenvalue weighted by Crippen LogP contribution is 2.20. The van der Waals surface area contributed by atoms with Crippen LogP contribution < -0.4 is 10.6 Å². The number of hydrogen-bond acceptors (Lipinski definition) is 4. The van der Waals surface area contributed by atoms with E-state index in [4.69, 9.17) is 0 Å². The largest absolute Gasteiger partial charge is 0.335 e. The van der Waals surface area contributed by atoms with Crippen molar-refractivity contribution in [3.63, 3.8) is 0 Å². The van der Waals surface area contributed by atoms with E-state index >= 15 is 0 Å². The summed E-state index contributed by atoms with van der Waals surface area (Å²) in [5.41, 5.74) is 2.48. The van der Waals surface area contributed by atoms with Crippen LogP contribution in [0.1, 0.15) is 18.1 Å². The Morgan fingerprint density at radius 1 is 1.30 bits per heavy atom. The van der Waals surface area contributed by atoms with Gasteiger partial charge >= 0.3 is 6.03 Å².